The first-order valence-corrected chi connectivity index (χ1v) is 7.98. The summed E-state index contributed by atoms with van der Waals surface area (Å²) in [6.45, 7) is 2.34. The van der Waals surface area contributed by atoms with Crippen LogP contribution in [0, 0.1) is 11.3 Å². The molecule has 3 rings (SSSR count). The number of carbonyl (C=O) groups excluding carboxylic acids is 1. The molecule has 0 heterocycles. The van der Waals surface area contributed by atoms with Gasteiger partial charge in [0.1, 0.15) is 0 Å². The third kappa shape index (κ3) is 2.64. The lowest BCUT2D eigenvalue weighted by Gasteiger charge is -2.42. The molecule has 0 spiro atoms. The van der Waals surface area contributed by atoms with E-state index in [2.05, 4.69) is 25.1 Å². The molecule has 100 valence electrons. The van der Waals surface area contributed by atoms with Gasteiger partial charge in [0.15, 0.2) is 5.78 Å². The number of carbonyl (C=O) groups is 1. The number of benzene rings is 1. The maximum absolute atomic E-state index is 12.3. The molecule has 0 saturated heterocycles. The number of Topliss-reactive ketones (excluding diaryl/α,β-unsaturated/α-hetero) is 1. The first-order chi connectivity index (χ1) is 9.17. The maximum atomic E-state index is 12.3. The van der Waals surface area contributed by atoms with Gasteiger partial charge in [0.2, 0.25) is 0 Å². The van der Waals surface area contributed by atoms with Crippen molar-refractivity contribution in [1.29, 1.82) is 0 Å². The number of rotatable bonds is 2. The monoisotopic (exact) mass is 272 g/mol. The first kappa shape index (κ1) is 13.0. The van der Waals surface area contributed by atoms with E-state index in [1.54, 1.807) is 11.8 Å². The van der Waals surface area contributed by atoms with Crippen molar-refractivity contribution in [2.45, 2.75) is 43.9 Å². The van der Waals surface area contributed by atoms with Crippen molar-refractivity contribution >= 4 is 17.5 Å². The lowest BCUT2D eigenvalue weighted by molar-refractivity contribution is -0.117. The number of thioether (sulfide) groups is 1. The summed E-state index contributed by atoms with van der Waals surface area (Å²) in [5.41, 5.74) is 0.253. The van der Waals surface area contributed by atoms with Gasteiger partial charge in [-0.25, -0.2) is 0 Å². The maximum Gasteiger partial charge on any atom is 0.169 e. The minimum absolute atomic E-state index is 0.253. The van der Waals surface area contributed by atoms with Crippen LogP contribution in [0.25, 0.3) is 0 Å². The summed E-state index contributed by atoms with van der Waals surface area (Å²) < 4.78 is 0. The molecule has 0 aromatic heterocycles. The molecule has 2 atom stereocenters. The van der Waals surface area contributed by atoms with Gasteiger partial charge in [-0.05, 0) is 36.3 Å². The van der Waals surface area contributed by atoms with Crippen molar-refractivity contribution in [2.75, 3.05) is 0 Å². The van der Waals surface area contributed by atoms with Crippen LogP contribution >= 0.6 is 11.8 Å². The van der Waals surface area contributed by atoms with Gasteiger partial charge in [0, 0.05) is 11.3 Å². The Kier molecular flexibility index (Phi) is 3.53. The molecule has 2 heteroatoms. The fourth-order valence-corrected chi connectivity index (χ4v) is 4.43. The fourth-order valence-electron chi connectivity index (χ4n) is 3.36. The highest BCUT2D eigenvalue weighted by Gasteiger charge is 2.40. The van der Waals surface area contributed by atoms with Gasteiger partial charge in [0.25, 0.3) is 0 Å². The van der Waals surface area contributed by atoms with Crippen LogP contribution in [0.4, 0.5) is 0 Å². The smallest absolute Gasteiger partial charge is 0.169 e. The third-order valence-electron chi connectivity index (χ3n) is 4.59. The molecular weight excluding hydrogens is 252 g/mol. The zero-order chi connectivity index (χ0) is 13.3. The van der Waals surface area contributed by atoms with Crippen LogP contribution in [0.5, 0.6) is 0 Å². The van der Waals surface area contributed by atoms with Gasteiger partial charge in [-0.15, -0.1) is 0 Å². The highest BCUT2D eigenvalue weighted by Crippen LogP contribution is 2.49. The summed E-state index contributed by atoms with van der Waals surface area (Å²) in [6, 6.07) is 10.2. The van der Waals surface area contributed by atoms with Crippen LogP contribution in [-0.4, -0.2) is 5.78 Å². The normalized spacial score (nSPS) is 30.7. The summed E-state index contributed by atoms with van der Waals surface area (Å²) in [5, 5.41) is 0. The average molecular weight is 272 g/mol. The van der Waals surface area contributed by atoms with Crippen molar-refractivity contribution in [1.82, 2.24) is 0 Å². The minimum Gasteiger partial charge on any atom is -0.294 e. The molecule has 0 unspecified atom stereocenters. The summed E-state index contributed by atoms with van der Waals surface area (Å²) in [7, 11) is 0. The molecule has 1 aromatic carbocycles. The summed E-state index contributed by atoms with van der Waals surface area (Å²) >= 11 is 1.64. The van der Waals surface area contributed by atoms with Crippen molar-refractivity contribution in [3.8, 4) is 0 Å². The molecular formula is C17H20OS. The number of ketones is 1. The topological polar surface area (TPSA) is 17.1 Å². The Hall–Kier alpha value is -1.02. The van der Waals surface area contributed by atoms with Crippen molar-refractivity contribution in [2.24, 2.45) is 11.3 Å². The summed E-state index contributed by atoms with van der Waals surface area (Å²) in [6.07, 6.45) is 8.10. The Morgan fingerprint density at radius 1 is 1.21 bits per heavy atom. The average Bonchev–Trinajstić information content (AvgIpc) is 2.41. The molecule has 0 aliphatic heterocycles. The second-order valence-electron chi connectivity index (χ2n) is 6.00. The van der Waals surface area contributed by atoms with E-state index < -0.39 is 0 Å². The number of allylic oxidation sites excluding steroid dienone is 2. The number of hydrogen-bond donors (Lipinski definition) is 0. The van der Waals surface area contributed by atoms with Crippen LogP contribution in [0.2, 0.25) is 0 Å². The van der Waals surface area contributed by atoms with Crippen LogP contribution in [0.1, 0.15) is 39.0 Å². The van der Waals surface area contributed by atoms with E-state index in [0.717, 1.165) is 11.3 Å². The number of fused-ring (bicyclic) bond motifs is 1. The van der Waals surface area contributed by atoms with E-state index in [1.165, 1.54) is 30.6 Å². The van der Waals surface area contributed by atoms with Crippen LogP contribution < -0.4 is 0 Å². The molecule has 1 nitrogen and oxygen atoms in total. The van der Waals surface area contributed by atoms with E-state index >= 15 is 0 Å². The zero-order valence-electron chi connectivity index (χ0n) is 11.4. The van der Waals surface area contributed by atoms with E-state index in [-0.39, 0.29) is 5.41 Å². The van der Waals surface area contributed by atoms with E-state index in [0.29, 0.717) is 11.7 Å². The Morgan fingerprint density at radius 2 is 2.00 bits per heavy atom. The largest absolute Gasteiger partial charge is 0.294 e. The quantitative estimate of drug-likeness (QED) is 0.767. The Balaban J connectivity index is 1.86. The van der Waals surface area contributed by atoms with Crippen LogP contribution in [0.15, 0.2) is 46.2 Å². The highest BCUT2D eigenvalue weighted by molar-refractivity contribution is 8.04. The van der Waals surface area contributed by atoms with Gasteiger partial charge in [-0.1, -0.05) is 55.8 Å². The predicted octanol–water partition coefficient (Wildman–Crippen LogP) is 4.83. The molecule has 1 saturated carbocycles. The highest BCUT2D eigenvalue weighted by atomic mass is 32.2. The molecule has 0 N–H and O–H groups in total. The van der Waals surface area contributed by atoms with Gasteiger partial charge in [-0.2, -0.15) is 0 Å². The molecule has 1 aromatic rings. The van der Waals surface area contributed by atoms with Crippen LogP contribution in [-0.2, 0) is 4.79 Å². The molecule has 19 heavy (non-hydrogen) atoms. The Labute approximate surface area is 119 Å². The molecule has 2 aliphatic rings. The van der Waals surface area contributed by atoms with Gasteiger partial charge >= 0.3 is 0 Å². The molecule has 2 aliphatic carbocycles. The second kappa shape index (κ2) is 5.16. The summed E-state index contributed by atoms with van der Waals surface area (Å²) in [5.74, 6) is 0.923. The van der Waals surface area contributed by atoms with Crippen molar-refractivity contribution in [3.63, 3.8) is 0 Å². The van der Waals surface area contributed by atoms with Crippen molar-refractivity contribution in [3.05, 3.63) is 41.3 Å². The molecule has 0 amide bonds. The Morgan fingerprint density at radius 3 is 2.79 bits per heavy atom. The van der Waals surface area contributed by atoms with Crippen LogP contribution in [0.3, 0.4) is 0 Å². The van der Waals surface area contributed by atoms with Gasteiger partial charge in [-0.3, -0.25) is 4.79 Å². The van der Waals surface area contributed by atoms with E-state index in [1.807, 2.05) is 18.2 Å². The predicted molar refractivity (Wildman–Crippen MR) is 80.1 cm³/mol. The first-order valence-electron chi connectivity index (χ1n) is 7.16. The zero-order valence-corrected chi connectivity index (χ0v) is 12.2. The third-order valence-corrected chi connectivity index (χ3v) is 5.66. The van der Waals surface area contributed by atoms with E-state index in [4.69, 9.17) is 0 Å². The molecule has 0 radical (unpaired) electrons. The second-order valence-corrected chi connectivity index (χ2v) is 7.11. The summed E-state index contributed by atoms with van der Waals surface area (Å²) in [4.78, 5) is 14.4. The molecule has 1 fully saturated rings. The van der Waals surface area contributed by atoms with E-state index in [9.17, 15) is 4.79 Å². The lowest BCUT2D eigenvalue weighted by Crippen LogP contribution is -2.35. The van der Waals surface area contributed by atoms with Gasteiger partial charge in [0.05, 0.1) is 4.91 Å². The number of hydrogen-bond acceptors (Lipinski definition) is 2. The lowest BCUT2D eigenvalue weighted by atomic mass is 9.63. The minimum atomic E-state index is 0.253. The SMILES string of the molecule is C[C@]12C=C(Sc3ccccc3)C(=O)C[C@@H]1CCCC2. The van der Waals surface area contributed by atoms with Gasteiger partial charge < -0.3 is 0 Å². The molecule has 0 bridgehead atoms. The Bertz CT molecular complexity index is 505. The van der Waals surface area contributed by atoms with Crippen molar-refractivity contribution < 1.29 is 4.79 Å². The standard InChI is InChI=1S/C17H20OS/c1-17-10-6-5-7-13(17)11-15(18)16(12-17)19-14-8-3-2-4-9-14/h2-4,8-9,12-13H,5-7,10-11H2,1H3/t13-,17-/m0/s1. The fraction of sp³-hybridized carbons (Fsp3) is 0.471.